The fourth-order valence-electron chi connectivity index (χ4n) is 2.49. The summed E-state index contributed by atoms with van der Waals surface area (Å²) in [4.78, 5) is 14.1. The van der Waals surface area contributed by atoms with Gasteiger partial charge in [-0.25, -0.2) is 12.7 Å². The molecule has 0 aliphatic carbocycles. The first-order chi connectivity index (χ1) is 10.0. The molecule has 0 aromatic heterocycles. The number of sulfonamides is 1. The highest BCUT2D eigenvalue weighted by Crippen LogP contribution is 2.10. The molecular formula is C15H22N2O3S. The van der Waals surface area contributed by atoms with Crippen molar-refractivity contribution in [3.63, 3.8) is 0 Å². The van der Waals surface area contributed by atoms with Gasteiger partial charge in [0.05, 0.1) is 12.2 Å². The summed E-state index contributed by atoms with van der Waals surface area (Å²) < 4.78 is 25.3. The normalized spacial score (nSPS) is 17.5. The molecule has 2 rings (SSSR count). The van der Waals surface area contributed by atoms with Crippen molar-refractivity contribution in [3.05, 3.63) is 35.9 Å². The van der Waals surface area contributed by atoms with E-state index in [1.165, 1.54) is 4.31 Å². The van der Waals surface area contributed by atoms with Crippen molar-refractivity contribution in [2.24, 2.45) is 0 Å². The van der Waals surface area contributed by atoms with Crippen LogP contribution in [0.5, 0.6) is 0 Å². The molecule has 1 amide bonds. The molecule has 1 aromatic carbocycles. The van der Waals surface area contributed by atoms with Crippen LogP contribution in [0.4, 0.5) is 0 Å². The van der Waals surface area contributed by atoms with Crippen molar-refractivity contribution < 1.29 is 13.2 Å². The molecule has 1 aliphatic rings. The molecule has 0 saturated carbocycles. The summed E-state index contributed by atoms with van der Waals surface area (Å²) in [6, 6.07) is 9.63. The number of benzene rings is 1. The molecule has 21 heavy (non-hydrogen) atoms. The Labute approximate surface area is 126 Å². The van der Waals surface area contributed by atoms with E-state index in [2.05, 4.69) is 0 Å². The van der Waals surface area contributed by atoms with Crippen molar-refractivity contribution in [2.75, 3.05) is 31.9 Å². The molecule has 1 saturated heterocycles. The van der Waals surface area contributed by atoms with Gasteiger partial charge >= 0.3 is 0 Å². The van der Waals surface area contributed by atoms with E-state index >= 15 is 0 Å². The predicted molar refractivity (Wildman–Crippen MR) is 82.4 cm³/mol. The van der Waals surface area contributed by atoms with Crippen LogP contribution in [0.25, 0.3) is 0 Å². The third kappa shape index (κ3) is 4.28. The van der Waals surface area contributed by atoms with Crippen LogP contribution in [0, 0.1) is 0 Å². The molecule has 5 nitrogen and oxygen atoms in total. The summed E-state index contributed by atoms with van der Waals surface area (Å²) in [5, 5.41) is 0. The highest BCUT2D eigenvalue weighted by Gasteiger charge is 2.25. The van der Waals surface area contributed by atoms with Crippen molar-refractivity contribution in [3.8, 4) is 0 Å². The SMILES string of the molecule is CCS(=O)(=O)N1CCCN(C(=O)Cc2ccccc2)CC1. The van der Waals surface area contributed by atoms with Crippen molar-refractivity contribution in [2.45, 2.75) is 19.8 Å². The lowest BCUT2D eigenvalue weighted by Gasteiger charge is -2.21. The summed E-state index contributed by atoms with van der Waals surface area (Å²) >= 11 is 0. The molecule has 0 unspecified atom stereocenters. The average Bonchev–Trinajstić information content (AvgIpc) is 2.75. The van der Waals surface area contributed by atoms with Gasteiger partial charge in [-0.05, 0) is 18.9 Å². The maximum Gasteiger partial charge on any atom is 0.227 e. The number of hydrogen-bond acceptors (Lipinski definition) is 3. The zero-order valence-electron chi connectivity index (χ0n) is 12.4. The molecular weight excluding hydrogens is 288 g/mol. The van der Waals surface area contributed by atoms with Crippen LogP contribution < -0.4 is 0 Å². The van der Waals surface area contributed by atoms with E-state index < -0.39 is 10.0 Å². The fourth-order valence-corrected chi connectivity index (χ4v) is 3.62. The Bertz CT molecular complexity index is 572. The van der Waals surface area contributed by atoms with E-state index in [4.69, 9.17) is 0 Å². The number of hydrogen-bond donors (Lipinski definition) is 0. The summed E-state index contributed by atoms with van der Waals surface area (Å²) in [6.45, 7) is 3.66. The van der Waals surface area contributed by atoms with Gasteiger partial charge < -0.3 is 4.90 Å². The van der Waals surface area contributed by atoms with Gasteiger partial charge in [0.2, 0.25) is 15.9 Å². The Morgan fingerprint density at radius 3 is 2.48 bits per heavy atom. The minimum atomic E-state index is -3.16. The molecule has 1 heterocycles. The molecule has 0 N–H and O–H groups in total. The van der Waals surface area contributed by atoms with Crippen molar-refractivity contribution in [1.82, 2.24) is 9.21 Å². The Hall–Kier alpha value is -1.40. The maximum atomic E-state index is 12.3. The van der Waals surface area contributed by atoms with Gasteiger partial charge in [-0.1, -0.05) is 30.3 Å². The first-order valence-corrected chi connectivity index (χ1v) is 8.93. The van der Waals surface area contributed by atoms with E-state index in [9.17, 15) is 13.2 Å². The van der Waals surface area contributed by atoms with E-state index in [0.29, 0.717) is 39.0 Å². The van der Waals surface area contributed by atoms with Crippen LogP contribution in [-0.4, -0.2) is 55.5 Å². The molecule has 6 heteroatoms. The van der Waals surface area contributed by atoms with Crippen LogP contribution in [0.2, 0.25) is 0 Å². The maximum absolute atomic E-state index is 12.3. The predicted octanol–water partition coefficient (Wildman–Crippen LogP) is 1.11. The van der Waals surface area contributed by atoms with Crippen molar-refractivity contribution in [1.29, 1.82) is 0 Å². The zero-order chi connectivity index (χ0) is 15.3. The van der Waals surface area contributed by atoms with E-state index in [1.54, 1.807) is 11.8 Å². The second-order valence-electron chi connectivity index (χ2n) is 5.20. The van der Waals surface area contributed by atoms with Crippen LogP contribution in [0.1, 0.15) is 18.9 Å². The minimum Gasteiger partial charge on any atom is -0.341 e. The lowest BCUT2D eigenvalue weighted by Crippen LogP contribution is -2.38. The Kier molecular flexibility index (Phi) is 5.36. The molecule has 0 radical (unpaired) electrons. The van der Waals surface area contributed by atoms with Gasteiger partial charge in [0.15, 0.2) is 0 Å². The quantitative estimate of drug-likeness (QED) is 0.837. The Morgan fingerprint density at radius 2 is 1.81 bits per heavy atom. The highest BCUT2D eigenvalue weighted by atomic mass is 32.2. The smallest absolute Gasteiger partial charge is 0.227 e. The van der Waals surface area contributed by atoms with Crippen LogP contribution in [-0.2, 0) is 21.2 Å². The van der Waals surface area contributed by atoms with Gasteiger partial charge in [0.1, 0.15) is 0 Å². The van der Waals surface area contributed by atoms with Crippen LogP contribution in [0.15, 0.2) is 30.3 Å². The molecule has 116 valence electrons. The topological polar surface area (TPSA) is 57.7 Å². The van der Waals surface area contributed by atoms with Gasteiger partial charge in [0.25, 0.3) is 0 Å². The van der Waals surface area contributed by atoms with E-state index in [1.807, 2.05) is 30.3 Å². The first kappa shape index (κ1) is 16.0. The monoisotopic (exact) mass is 310 g/mol. The highest BCUT2D eigenvalue weighted by molar-refractivity contribution is 7.89. The number of carbonyl (C=O) groups is 1. The minimum absolute atomic E-state index is 0.0666. The lowest BCUT2D eigenvalue weighted by molar-refractivity contribution is -0.130. The van der Waals surface area contributed by atoms with Gasteiger partial charge in [0, 0.05) is 26.2 Å². The Balaban J connectivity index is 1.95. The third-order valence-corrected chi connectivity index (χ3v) is 5.65. The lowest BCUT2D eigenvalue weighted by atomic mass is 10.1. The fraction of sp³-hybridized carbons (Fsp3) is 0.533. The summed E-state index contributed by atoms with van der Waals surface area (Å²) in [7, 11) is -3.16. The average molecular weight is 310 g/mol. The first-order valence-electron chi connectivity index (χ1n) is 7.32. The molecule has 0 bridgehead atoms. The Morgan fingerprint density at radius 1 is 1.10 bits per heavy atom. The van der Waals surface area contributed by atoms with E-state index in [-0.39, 0.29) is 11.7 Å². The number of rotatable bonds is 4. The number of nitrogens with zero attached hydrogens (tertiary/aromatic N) is 2. The summed E-state index contributed by atoms with van der Waals surface area (Å²) in [5.41, 5.74) is 0.991. The number of carbonyl (C=O) groups excluding carboxylic acids is 1. The second-order valence-corrected chi connectivity index (χ2v) is 7.45. The van der Waals surface area contributed by atoms with Gasteiger partial charge in [-0.3, -0.25) is 4.79 Å². The van der Waals surface area contributed by atoms with Gasteiger partial charge in [-0.15, -0.1) is 0 Å². The van der Waals surface area contributed by atoms with Crippen LogP contribution in [0.3, 0.4) is 0 Å². The van der Waals surface area contributed by atoms with E-state index in [0.717, 1.165) is 5.56 Å². The molecule has 1 aromatic rings. The standard InChI is InChI=1S/C15H22N2O3S/c1-2-21(19,20)17-10-6-9-16(11-12-17)15(18)13-14-7-4-3-5-8-14/h3-5,7-8H,2,6,9-13H2,1H3. The van der Waals surface area contributed by atoms with Crippen LogP contribution >= 0.6 is 0 Å². The summed E-state index contributed by atoms with van der Waals surface area (Å²) in [6.07, 6.45) is 1.07. The zero-order valence-corrected chi connectivity index (χ0v) is 13.2. The van der Waals surface area contributed by atoms with Gasteiger partial charge in [-0.2, -0.15) is 0 Å². The molecule has 0 atom stereocenters. The summed E-state index contributed by atoms with van der Waals surface area (Å²) in [5.74, 6) is 0.183. The molecule has 1 aliphatic heterocycles. The third-order valence-electron chi connectivity index (χ3n) is 3.76. The molecule has 1 fully saturated rings. The number of amides is 1. The van der Waals surface area contributed by atoms with Crippen molar-refractivity contribution >= 4 is 15.9 Å². The second kappa shape index (κ2) is 7.04. The molecule has 0 spiro atoms. The largest absolute Gasteiger partial charge is 0.341 e.